The second-order valence-corrected chi connectivity index (χ2v) is 10.7. The van der Waals surface area contributed by atoms with E-state index in [4.69, 9.17) is 4.74 Å². The highest BCUT2D eigenvalue weighted by Crippen LogP contribution is 2.63. The van der Waals surface area contributed by atoms with Crippen LogP contribution in [0.25, 0.3) is 0 Å². The summed E-state index contributed by atoms with van der Waals surface area (Å²) in [5.41, 5.74) is 0. The minimum atomic E-state index is -1.45. The van der Waals surface area contributed by atoms with Crippen LogP contribution in [-0.2, 0) is 0 Å². The molecule has 0 rings (SSSR count). The van der Waals surface area contributed by atoms with Crippen molar-refractivity contribution in [3.63, 3.8) is 0 Å². The number of hydrogen-bond acceptors (Lipinski definition) is 1. The van der Waals surface area contributed by atoms with Gasteiger partial charge in [0, 0.05) is 59.2 Å². The van der Waals surface area contributed by atoms with Crippen LogP contribution >= 0.6 is 49.6 Å². The zero-order valence-corrected chi connectivity index (χ0v) is 16.0. The molecular formula is C10H24I2N3P. The van der Waals surface area contributed by atoms with Gasteiger partial charge in [-0.15, -0.1) is 0 Å². The molecule has 0 N–H and O–H groups in total. The van der Waals surface area contributed by atoms with Crippen molar-refractivity contribution >= 4 is 49.6 Å². The Balaban J connectivity index is 5.14. The molecule has 0 aliphatic carbocycles. The SMILES string of the molecule is CCN(CC)P(I)(=NCCI)N(CC)CC. The molecule has 3 nitrogen and oxygen atoms in total. The summed E-state index contributed by atoms with van der Waals surface area (Å²) >= 11 is 5.02. The van der Waals surface area contributed by atoms with Crippen molar-refractivity contribution in [3.05, 3.63) is 0 Å². The Labute approximate surface area is 128 Å². The molecule has 0 aromatic rings. The highest BCUT2D eigenvalue weighted by molar-refractivity contribution is 14.2. The quantitative estimate of drug-likeness (QED) is 0.296. The van der Waals surface area contributed by atoms with Gasteiger partial charge < -0.3 is 0 Å². The zero-order valence-electron chi connectivity index (χ0n) is 10.8. The normalized spacial score (nSPS) is 12.5. The standard InChI is InChI=1S/C10H24I2N3P/c1-5-14(6-2)16(12,13-10-9-11)15(7-3)8-4/h5-10H2,1-4H3. The summed E-state index contributed by atoms with van der Waals surface area (Å²) in [5.74, 6) is 0. The van der Waals surface area contributed by atoms with E-state index in [1.54, 1.807) is 0 Å². The van der Waals surface area contributed by atoms with Crippen LogP contribution in [0.2, 0.25) is 0 Å². The monoisotopic (exact) mass is 471 g/mol. The van der Waals surface area contributed by atoms with Gasteiger partial charge in [0.2, 0.25) is 0 Å². The van der Waals surface area contributed by atoms with Crippen molar-refractivity contribution in [1.29, 1.82) is 0 Å². The highest BCUT2D eigenvalue weighted by atomic mass is 127. The molecule has 0 fully saturated rings. The largest absolute Gasteiger partial charge is 0.264 e. The Hall–Kier alpha value is 1.61. The Morgan fingerprint density at radius 2 is 1.31 bits per heavy atom. The first-order chi connectivity index (χ1) is 7.60. The molecule has 0 saturated carbocycles. The van der Waals surface area contributed by atoms with Gasteiger partial charge in [-0.1, -0.05) is 50.3 Å². The molecule has 0 radical (unpaired) electrons. The van der Waals surface area contributed by atoms with Crippen molar-refractivity contribution in [2.24, 2.45) is 4.74 Å². The molecule has 98 valence electrons. The summed E-state index contributed by atoms with van der Waals surface area (Å²) < 4.78 is 11.2. The molecule has 6 heteroatoms. The van der Waals surface area contributed by atoms with Gasteiger partial charge in [0.1, 0.15) is 0 Å². The lowest BCUT2D eigenvalue weighted by Gasteiger charge is -2.38. The summed E-state index contributed by atoms with van der Waals surface area (Å²) in [4.78, 5) is -1.45. The second kappa shape index (κ2) is 9.53. The fourth-order valence-corrected chi connectivity index (χ4v) is 9.13. The molecule has 0 unspecified atom stereocenters. The van der Waals surface area contributed by atoms with Crippen LogP contribution < -0.4 is 0 Å². The van der Waals surface area contributed by atoms with Crippen molar-refractivity contribution in [3.8, 4) is 0 Å². The first-order valence-electron chi connectivity index (χ1n) is 5.95. The fraction of sp³-hybridized carbons (Fsp3) is 1.00. The van der Waals surface area contributed by atoms with E-state index >= 15 is 0 Å². The van der Waals surface area contributed by atoms with E-state index < -0.39 is 5.00 Å². The van der Waals surface area contributed by atoms with Gasteiger partial charge in [-0.2, -0.15) is 0 Å². The minimum Gasteiger partial charge on any atom is -0.264 e. The van der Waals surface area contributed by atoms with Crippen molar-refractivity contribution < 1.29 is 0 Å². The van der Waals surface area contributed by atoms with Crippen LogP contribution in [0.15, 0.2) is 4.74 Å². The van der Waals surface area contributed by atoms with E-state index in [-0.39, 0.29) is 0 Å². The van der Waals surface area contributed by atoms with Crippen LogP contribution in [0.3, 0.4) is 0 Å². The van der Waals surface area contributed by atoms with Crippen molar-refractivity contribution in [1.82, 2.24) is 9.34 Å². The maximum absolute atomic E-state index is 5.00. The first kappa shape index (κ1) is 17.6. The van der Waals surface area contributed by atoms with Crippen LogP contribution in [-0.4, -0.2) is 46.5 Å². The van der Waals surface area contributed by atoms with Crippen LogP contribution in [0, 0.1) is 0 Å². The van der Waals surface area contributed by atoms with Crippen molar-refractivity contribution in [2.75, 3.05) is 37.2 Å². The third-order valence-electron chi connectivity index (χ3n) is 2.54. The Kier molecular flexibility index (Phi) is 10.5. The Morgan fingerprint density at radius 3 is 1.56 bits per heavy atom. The number of rotatable bonds is 8. The lowest BCUT2D eigenvalue weighted by molar-refractivity contribution is 0.427. The third kappa shape index (κ3) is 4.71. The first-order valence-corrected chi connectivity index (χ1v) is 11.9. The zero-order chi connectivity index (χ0) is 12.6. The number of hydrogen-bond donors (Lipinski definition) is 0. The van der Waals surface area contributed by atoms with Crippen molar-refractivity contribution in [2.45, 2.75) is 27.7 Å². The summed E-state index contributed by atoms with van der Waals surface area (Å²) in [6.07, 6.45) is 0. The minimum absolute atomic E-state index is 0.976. The average Bonchev–Trinajstić information content (AvgIpc) is 2.29. The predicted octanol–water partition coefficient (Wildman–Crippen LogP) is 4.49. The molecular weight excluding hydrogens is 447 g/mol. The lowest BCUT2D eigenvalue weighted by atomic mass is 10.7. The van der Waals surface area contributed by atoms with E-state index in [1.807, 2.05) is 0 Å². The van der Waals surface area contributed by atoms with E-state index in [9.17, 15) is 0 Å². The maximum atomic E-state index is 5.00. The third-order valence-corrected chi connectivity index (χ3v) is 10.7. The van der Waals surface area contributed by atoms with E-state index in [0.717, 1.165) is 37.2 Å². The molecule has 16 heavy (non-hydrogen) atoms. The molecule has 0 saturated heterocycles. The van der Waals surface area contributed by atoms with Gasteiger partial charge in [0.15, 0.2) is 5.00 Å². The summed E-state index contributed by atoms with van der Waals surface area (Å²) in [6, 6.07) is 0. The Morgan fingerprint density at radius 1 is 0.938 bits per heavy atom. The van der Waals surface area contributed by atoms with Gasteiger partial charge in [-0.25, -0.2) is 0 Å². The van der Waals surface area contributed by atoms with Crippen LogP contribution in [0.1, 0.15) is 27.7 Å². The van der Waals surface area contributed by atoms with Gasteiger partial charge in [-0.3, -0.25) is 14.1 Å². The summed E-state index contributed by atoms with van der Waals surface area (Å²) in [6.45, 7) is 14.3. The Bertz CT molecular complexity index is 212. The fourth-order valence-electron chi connectivity index (χ4n) is 1.69. The van der Waals surface area contributed by atoms with E-state index in [2.05, 4.69) is 81.7 Å². The lowest BCUT2D eigenvalue weighted by Crippen LogP contribution is -2.29. The summed E-state index contributed by atoms with van der Waals surface area (Å²) in [5, 5.41) is 0. The number of alkyl halides is 1. The van der Waals surface area contributed by atoms with Gasteiger partial charge in [0.05, 0.1) is 0 Å². The number of nitrogens with zero attached hydrogens (tertiary/aromatic N) is 3. The van der Waals surface area contributed by atoms with Gasteiger partial charge in [-0.05, 0) is 0 Å². The molecule has 0 amide bonds. The maximum Gasteiger partial charge on any atom is 0.156 e. The highest BCUT2D eigenvalue weighted by Gasteiger charge is 2.27. The average molecular weight is 471 g/mol. The summed E-state index contributed by atoms with van der Waals surface area (Å²) in [7, 11) is 0. The molecule has 0 spiro atoms. The molecule has 0 heterocycles. The van der Waals surface area contributed by atoms with Crippen LogP contribution in [0.5, 0.6) is 0 Å². The predicted molar refractivity (Wildman–Crippen MR) is 93.0 cm³/mol. The van der Waals surface area contributed by atoms with Gasteiger partial charge >= 0.3 is 0 Å². The molecule has 0 aromatic carbocycles. The second-order valence-electron chi connectivity index (χ2n) is 3.33. The smallest absolute Gasteiger partial charge is 0.156 e. The van der Waals surface area contributed by atoms with E-state index in [0.29, 0.717) is 0 Å². The topological polar surface area (TPSA) is 18.8 Å². The number of halogens is 2. The molecule has 0 aliphatic heterocycles. The molecule has 0 aromatic heterocycles. The van der Waals surface area contributed by atoms with E-state index in [1.165, 1.54) is 0 Å². The van der Waals surface area contributed by atoms with Crippen LogP contribution in [0.4, 0.5) is 0 Å². The molecule has 0 atom stereocenters. The van der Waals surface area contributed by atoms with Gasteiger partial charge in [0.25, 0.3) is 0 Å². The molecule has 0 aliphatic rings. The molecule has 0 bridgehead atoms.